The third-order valence-corrected chi connectivity index (χ3v) is 4.02. The Labute approximate surface area is 114 Å². The van der Waals surface area contributed by atoms with Crippen molar-refractivity contribution >= 4 is 6.08 Å². The Hall–Kier alpha value is -1.86. The van der Waals surface area contributed by atoms with Gasteiger partial charge < -0.3 is 5.11 Å². The molecule has 0 heterocycles. The molecule has 19 heavy (non-hydrogen) atoms. The van der Waals surface area contributed by atoms with E-state index in [2.05, 4.69) is 56.3 Å². The molecular weight excluding hydrogens is 232 g/mol. The van der Waals surface area contributed by atoms with Gasteiger partial charge in [-0.25, -0.2) is 0 Å². The van der Waals surface area contributed by atoms with Gasteiger partial charge in [-0.15, -0.1) is 0 Å². The summed E-state index contributed by atoms with van der Waals surface area (Å²) in [5.41, 5.74) is 6.65. The lowest BCUT2D eigenvalue weighted by Gasteiger charge is -2.21. The van der Waals surface area contributed by atoms with Crippen molar-refractivity contribution in [1.82, 2.24) is 0 Å². The van der Waals surface area contributed by atoms with E-state index in [4.69, 9.17) is 5.11 Å². The molecule has 1 N–H and O–H groups in total. The van der Waals surface area contributed by atoms with Crippen LogP contribution in [0.15, 0.2) is 48.5 Å². The Kier molecular flexibility index (Phi) is 2.79. The first kappa shape index (κ1) is 12.2. The van der Waals surface area contributed by atoms with Gasteiger partial charge in [-0.1, -0.05) is 68.5 Å². The van der Waals surface area contributed by atoms with Crippen molar-refractivity contribution in [2.75, 3.05) is 6.61 Å². The van der Waals surface area contributed by atoms with Crippen molar-refractivity contribution in [1.29, 1.82) is 0 Å². The lowest BCUT2D eigenvalue weighted by Crippen LogP contribution is -2.14. The summed E-state index contributed by atoms with van der Waals surface area (Å²) < 4.78 is 0. The van der Waals surface area contributed by atoms with E-state index in [0.29, 0.717) is 0 Å². The molecule has 96 valence electrons. The molecule has 0 aromatic heterocycles. The second kappa shape index (κ2) is 4.36. The molecule has 0 radical (unpaired) electrons. The minimum atomic E-state index is 0.0506. The van der Waals surface area contributed by atoms with Gasteiger partial charge in [0.15, 0.2) is 0 Å². The standard InChI is InChI=1S/C18H18O/c1-18(2)16-8-4-3-7-14(16)15-10-9-13(6-5-11-19)12-17(15)18/h3-10,12,19H,11H2,1-2H3. The van der Waals surface area contributed by atoms with Crippen LogP contribution in [0.4, 0.5) is 0 Å². The highest BCUT2D eigenvalue weighted by Gasteiger charge is 2.34. The van der Waals surface area contributed by atoms with Gasteiger partial charge >= 0.3 is 0 Å². The van der Waals surface area contributed by atoms with Crippen molar-refractivity contribution < 1.29 is 5.11 Å². The van der Waals surface area contributed by atoms with E-state index in [9.17, 15) is 0 Å². The molecule has 0 saturated carbocycles. The highest BCUT2D eigenvalue weighted by atomic mass is 16.2. The maximum atomic E-state index is 8.88. The Morgan fingerprint density at radius 3 is 2.53 bits per heavy atom. The molecule has 1 nitrogen and oxygen atoms in total. The smallest absolute Gasteiger partial charge is 0.0615 e. The summed E-state index contributed by atoms with van der Waals surface area (Å²) >= 11 is 0. The summed E-state index contributed by atoms with van der Waals surface area (Å²) in [5, 5.41) is 8.88. The van der Waals surface area contributed by atoms with Gasteiger partial charge in [-0.3, -0.25) is 0 Å². The summed E-state index contributed by atoms with van der Waals surface area (Å²) in [6, 6.07) is 15.2. The molecule has 0 saturated heterocycles. The van der Waals surface area contributed by atoms with E-state index in [1.54, 1.807) is 6.08 Å². The SMILES string of the molecule is CC1(C)c2ccccc2-c2ccc(C=CCO)cc21. The first-order valence-corrected chi connectivity index (χ1v) is 6.66. The van der Waals surface area contributed by atoms with Crippen LogP contribution in [0.1, 0.15) is 30.5 Å². The molecule has 0 unspecified atom stereocenters. The van der Waals surface area contributed by atoms with Crippen molar-refractivity contribution in [3.8, 4) is 11.1 Å². The molecule has 0 atom stereocenters. The van der Waals surface area contributed by atoms with Gasteiger partial charge in [0.05, 0.1) is 6.61 Å². The Morgan fingerprint density at radius 2 is 1.74 bits per heavy atom. The van der Waals surface area contributed by atoms with Crippen LogP contribution < -0.4 is 0 Å². The summed E-state index contributed by atoms with van der Waals surface area (Å²) in [7, 11) is 0. The van der Waals surface area contributed by atoms with Crippen LogP contribution in [0.25, 0.3) is 17.2 Å². The second-order valence-electron chi connectivity index (χ2n) is 5.56. The zero-order valence-corrected chi connectivity index (χ0v) is 11.4. The highest BCUT2D eigenvalue weighted by molar-refractivity contribution is 5.81. The topological polar surface area (TPSA) is 20.2 Å². The van der Waals surface area contributed by atoms with Crippen molar-refractivity contribution in [2.24, 2.45) is 0 Å². The number of hydrogen-bond acceptors (Lipinski definition) is 1. The predicted octanol–water partition coefficient (Wildman–Crippen LogP) is 4.00. The average molecular weight is 250 g/mol. The lowest BCUT2D eigenvalue weighted by molar-refractivity contribution is 0.343. The first-order valence-electron chi connectivity index (χ1n) is 6.66. The molecule has 1 aliphatic carbocycles. The van der Waals surface area contributed by atoms with Gasteiger partial charge in [-0.2, -0.15) is 0 Å². The fourth-order valence-electron chi connectivity index (χ4n) is 3.01. The Morgan fingerprint density at radius 1 is 1.00 bits per heavy atom. The largest absolute Gasteiger partial charge is 0.392 e. The summed E-state index contributed by atoms with van der Waals surface area (Å²) in [5.74, 6) is 0. The lowest BCUT2D eigenvalue weighted by atomic mass is 9.82. The van der Waals surface area contributed by atoms with Crippen LogP contribution in [-0.4, -0.2) is 11.7 Å². The molecule has 1 aliphatic rings. The maximum Gasteiger partial charge on any atom is 0.0615 e. The number of hydrogen-bond donors (Lipinski definition) is 1. The average Bonchev–Trinajstić information content (AvgIpc) is 2.66. The van der Waals surface area contributed by atoms with E-state index < -0.39 is 0 Å². The van der Waals surface area contributed by atoms with Crippen LogP contribution in [0.3, 0.4) is 0 Å². The molecule has 0 bridgehead atoms. The fraction of sp³-hybridized carbons (Fsp3) is 0.222. The third-order valence-electron chi connectivity index (χ3n) is 4.02. The van der Waals surface area contributed by atoms with Gasteiger partial charge in [-0.05, 0) is 27.8 Å². The predicted molar refractivity (Wildman–Crippen MR) is 80.1 cm³/mol. The summed E-state index contributed by atoms with van der Waals surface area (Å²) in [6.07, 6.45) is 3.75. The Bertz CT molecular complexity index is 650. The van der Waals surface area contributed by atoms with Gasteiger partial charge in [0, 0.05) is 5.41 Å². The third kappa shape index (κ3) is 1.82. The number of aliphatic hydroxyl groups excluding tert-OH is 1. The molecule has 2 aromatic rings. The van der Waals surface area contributed by atoms with Gasteiger partial charge in [0.1, 0.15) is 0 Å². The normalized spacial score (nSPS) is 15.5. The molecule has 0 amide bonds. The van der Waals surface area contributed by atoms with E-state index in [1.807, 2.05) is 6.08 Å². The molecule has 2 aromatic carbocycles. The molecule has 0 aliphatic heterocycles. The minimum Gasteiger partial charge on any atom is -0.392 e. The van der Waals surface area contributed by atoms with Gasteiger partial charge in [0.2, 0.25) is 0 Å². The number of aliphatic hydroxyl groups is 1. The van der Waals surface area contributed by atoms with E-state index in [-0.39, 0.29) is 12.0 Å². The summed E-state index contributed by atoms with van der Waals surface area (Å²) in [4.78, 5) is 0. The van der Waals surface area contributed by atoms with Crippen LogP contribution in [0.2, 0.25) is 0 Å². The van der Waals surface area contributed by atoms with Gasteiger partial charge in [0.25, 0.3) is 0 Å². The van der Waals surface area contributed by atoms with Crippen LogP contribution in [0.5, 0.6) is 0 Å². The fourth-order valence-corrected chi connectivity index (χ4v) is 3.01. The molecule has 1 heteroatoms. The van der Waals surface area contributed by atoms with Crippen LogP contribution in [0, 0.1) is 0 Å². The zero-order chi connectivity index (χ0) is 13.5. The van der Waals surface area contributed by atoms with Crippen molar-refractivity contribution in [2.45, 2.75) is 19.3 Å². The number of rotatable bonds is 2. The van der Waals surface area contributed by atoms with Crippen LogP contribution in [-0.2, 0) is 5.41 Å². The molecule has 0 spiro atoms. The second-order valence-corrected chi connectivity index (χ2v) is 5.56. The van der Waals surface area contributed by atoms with Crippen molar-refractivity contribution in [3.05, 3.63) is 65.2 Å². The first-order chi connectivity index (χ1) is 9.14. The molecule has 0 fully saturated rings. The van der Waals surface area contributed by atoms with Crippen LogP contribution >= 0.6 is 0 Å². The quantitative estimate of drug-likeness (QED) is 0.854. The Balaban J connectivity index is 2.18. The number of fused-ring (bicyclic) bond motifs is 3. The minimum absolute atomic E-state index is 0.0506. The molecular formula is C18H18O. The highest BCUT2D eigenvalue weighted by Crippen LogP contribution is 2.48. The summed E-state index contributed by atoms with van der Waals surface area (Å²) in [6.45, 7) is 4.63. The monoisotopic (exact) mass is 250 g/mol. The van der Waals surface area contributed by atoms with E-state index in [0.717, 1.165) is 5.56 Å². The zero-order valence-electron chi connectivity index (χ0n) is 11.4. The maximum absolute atomic E-state index is 8.88. The van der Waals surface area contributed by atoms with Crippen molar-refractivity contribution in [3.63, 3.8) is 0 Å². The van der Waals surface area contributed by atoms with E-state index >= 15 is 0 Å². The van der Waals surface area contributed by atoms with E-state index in [1.165, 1.54) is 22.3 Å². The molecule has 3 rings (SSSR count). The number of benzene rings is 2.